The van der Waals surface area contributed by atoms with Crippen LogP contribution in [0.25, 0.3) is 5.76 Å². The fourth-order valence-electron chi connectivity index (χ4n) is 3.68. The number of aromatic hydroxyl groups is 1. The van der Waals surface area contributed by atoms with Gasteiger partial charge in [0.15, 0.2) is 0 Å². The number of phenols is 1. The van der Waals surface area contributed by atoms with Crippen molar-refractivity contribution in [2.45, 2.75) is 19.3 Å². The average molecular weight is 495 g/mol. The van der Waals surface area contributed by atoms with E-state index < -0.39 is 0 Å². The topological polar surface area (TPSA) is 61.8 Å². The molecule has 1 aliphatic heterocycles. The fourth-order valence-corrected chi connectivity index (χ4v) is 4.28. The third kappa shape index (κ3) is 5.22. The molecule has 0 aliphatic carbocycles. The van der Waals surface area contributed by atoms with E-state index in [1.165, 1.54) is 0 Å². The zero-order chi connectivity index (χ0) is 24.3. The molecule has 3 aromatic carbocycles. The van der Waals surface area contributed by atoms with Gasteiger partial charge in [0.1, 0.15) is 17.8 Å². The molecule has 0 radical (unpaired) electrons. The molecule has 0 unspecified atom stereocenters. The van der Waals surface area contributed by atoms with Gasteiger partial charge in [0.05, 0.1) is 16.8 Å². The number of anilines is 1. The maximum Gasteiger partial charge on any atom is 0.252 e. The summed E-state index contributed by atoms with van der Waals surface area (Å²) in [7, 11) is 0. The molecule has 0 spiro atoms. The Labute approximate surface area is 208 Å². The summed E-state index contributed by atoms with van der Waals surface area (Å²) < 4.78 is 5.61. The maximum absolute atomic E-state index is 13.1. The zero-order valence-electron chi connectivity index (χ0n) is 18.8. The fraction of sp³-hybridized carbons (Fsp3) is 0.148. The number of amides is 1. The maximum atomic E-state index is 13.1. The first-order valence-electron chi connectivity index (χ1n) is 10.7. The van der Waals surface area contributed by atoms with Crippen molar-refractivity contribution in [1.82, 2.24) is 5.32 Å². The van der Waals surface area contributed by atoms with Gasteiger partial charge in [-0.3, -0.25) is 4.79 Å². The van der Waals surface area contributed by atoms with Gasteiger partial charge in [-0.25, -0.2) is 0 Å². The van der Waals surface area contributed by atoms with Crippen molar-refractivity contribution < 1.29 is 14.6 Å². The van der Waals surface area contributed by atoms with Crippen LogP contribution < -0.4 is 10.2 Å². The second-order valence-corrected chi connectivity index (χ2v) is 9.38. The van der Waals surface area contributed by atoms with Crippen LogP contribution >= 0.6 is 23.2 Å². The molecule has 0 bridgehead atoms. The van der Waals surface area contributed by atoms with Gasteiger partial charge in [-0.1, -0.05) is 67.4 Å². The Balaban J connectivity index is 1.54. The second-order valence-electron chi connectivity index (χ2n) is 8.56. The van der Waals surface area contributed by atoms with Gasteiger partial charge in [-0.2, -0.15) is 0 Å². The molecule has 3 aromatic rings. The van der Waals surface area contributed by atoms with Crippen molar-refractivity contribution in [3.63, 3.8) is 0 Å². The summed E-state index contributed by atoms with van der Waals surface area (Å²) >= 11 is 12.7. The van der Waals surface area contributed by atoms with E-state index in [1.54, 1.807) is 49.0 Å². The molecule has 0 saturated heterocycles. The number of halogens is 2. The van der Waals surface area contributed by atoms with E-state index in [9.17, 15) is 9.90 Å². The summed E-state index contributed by atoms with van der Waals surface area (Å²) in [4.78, 5) is 14.9. The van der Waals surface area contributed by atoms with Gasteiger partial charge in [0.25, 0.3) is 5.91 Å². The molecule has 1 aliphatic rings. The highest BCUT2D eigenvalue weighted by molar-refractivity contribution is 6.34. The molecule has 0 atom stereocenters. The molecular weight excluding hydrogens is 471 g/mol. The van der Waals surface area contributed by atoms with Crippen LogP contribution in [0.4, 0.5) is 5.69 Å². The van der Waals surface area contributed by atoms with Gasteiger partial charge in [-0.05, 0) is 42.0 Å². The summed E-state index contributed by atoms with van der Waals surface area (Å²) in [5.41, 5.74) is 2.41. The molecule has 34 heavy (non-hydrogen) atoms. The lowest BCUT2D eigenvalue weighted by Gasteiger charge is -2.27. The number of nitrogens with zero attached hydrogens (tertiary/aromatic N) is 1. The van der Waals surface area contributed by atoms with Crippen molar-refractivity contribution in [3.8, 4) is 5.75 Å². The van der Waals surface area contributed by atoms with Crippen molar-refractivity contribution in [3.05, 3.63) is 112 Å². The number of ether oxygens (including phenoxy) is 1. The Kier molecular flexibility index (Phi) is 6.87. The van der Waals surface area contributed by atoms with E-state index in [4.69, 9.17) is 27.9 Å². The largest absolute Gasteiger partial charge is 0.508 e. The predicted octanol–water partition coefficient (Wildman–Crippen LogP) is 6.71. The lowest BCUT2D eigenvalue weighted by molar-refractivity contribution is 0.0946. The number of phenolic OH excluding ortho intramolecular Hbond substituents is 1. The van der Waals surface area contributed by atoms with Crippen LogP contribution in [0.15, 0.2) is 85.4 Å². The number of hydrogen-bond donors (Lipinski definition) is 2. The third-order valence-corrected chi connectivity index (χ3v) is 6.25. The van der Waals surface area contributed by atoms with Crippen LogP contribution in [-0.4, -0.2) is 17.6 Å². The normalized spacial score (nSPS) is 13.3. The molecule has 0 fully saturated rings. The average Bonchev–Trinajstić information content (AvgIpc) is 2.83. The standard InChI is InChI=1S/C27H24Cl2N2O3/c1-27(2,22-8-3-4-9-24(22)29)17-30-26(33)21-15-19(10-11-23(21)28)31-12-13-34-25(16-31)18-6-5-7-20(32)14-18/h3-16,32H,17H2,1-2H3,(H,30,33). The minimum absolute atomic E-state index is 0.147. The molecule has 7 heteroatoms. The SMILES string of the molecule is CC(C)(CNC(=O)c1cc(N2C=COC(c3cccc(O)c3)=C2)ccc1Cl)c1ccccc1Cl. The third-order valence-electron chi connectivity index (χ3n) is 5.59. The molecular formula is C27H24Cl2N2O3. The van der Waals surface area contributed by atoms with Crippen LogP contribution in [0.1, 0.15) is 35.3 Å². The summed E-state index contributed by atoms with van der Waals surface area (Å²) in [6.07, 6.45) is 5.05. The Morgan fingerprint density at radius 2 is 1.82 bits per heavy atom. The molecule has 5 nitrogen and oxygen atoms in total. The highest BCUT2D eigenvalue weighted by Gasteiger charge is 2.25. The van der Waals surface area contributed by atoms with Crippen LogP contribution in [0.2, 0.25) is 10.0 Å². The Morgan fingerprint density at radius 3 is 2.59 bits per heavy atom. The second kappa shape index (κ2) is 9.84. The van der Waals surface area contributed by atoms with Gasteiger partial charge in [0.2, 0.25) is 0 Å². The van der Waals surface area contributed by atoms with Crippen molar-refractivity contribution in [2.75, 3.05) is 11.4 Å². The monoisotopic (exact) mass is 494 g/mol. The predicted molar refractivity (Wildman–Crippen MR) is 137 cm³/mol. The zero-order valence-corrected chi connectivity index (χ0v) is 20.3. The first kappa shape index (κ1) is 23.7. The molecule has 4 rings (SSSR count). The number of hydrogen-bond acceptors (Lipinski definition) is 4. The summed E-state index contributed by atoms with van der Waals surface area (Å²) in [5.74, 6) is 0.426. The molecule has 2 N–H and O–H groups in total. The van der Waals surface area contributed by atoms with Gasteiger partial charge >= 0.3 is 0 Å². The minimum atomic E-state index is -0.371. The van der Waals surface area contributed by atoms with Crippen molar-refractivity contribution in [1.29, 1.82) is 0 Å². The van der Waals surface area contributed by atoms with Crippen LogP contribution in [0.3, 0.4) is 0 Å². The quantitative estimate of drug-likeness (QED) is 0.399. The number of carbonyl (C=O) groups is 1. The van der Waals surface area contributed by atoms with Gasteiger partial charge in [0, 0.05) is 34.4 Å². The lowest BCUT2D eigenvalue weighted by atomic mass is 9.84. The highest BCUT2D eigenvalue weighted by Crippen LogP contribution is 2.31. The van der Waals surface area contributed by atoms with E-state index in [0.29, 0.717) is 27.9 Å². The molecule has 1 heterocycles. The number of benzene rings is 3. The molecule has 174 valence electrons. The molecule has 0 saturated carbocycles. The smallest absolute Gasteiger partial charge is 0.252 e. The van der Waals surface area contributed by atoms with Gasteiger partial charge < -0.3 is 20.1 Å². The first-order chi connectivity index (χ1) is 16.2. The summed E-state index contributed by atoms with van der Waals surface area (Å²) in [6.45, 7) is 4.44. The van der Waals surface area contributed by atoms with Crippen LogP contribution in [0.5, 0.6) is 5.75 Å². The molecule has 0 aromatic heterocycles. The number of rotatable bonds is 6. The minimum Gasteiger partial charge on any atom is -0.508 e. The van der Waals surface area contributed by atoms with Crippen molar-refractivity contribution in [2.24, 2.45) is 0 Å². The molecule has 1 amide bonds. The summed E-state index contributed by atoms with van der Waals surface area (Å²) in [5, 5.41) is 13.8. The number of carbonyl (C=O) groups excluding carboxylic acids is 1. The Bertz CT molecular complexity index is 1280. The van der Waals surface area contributed by atoms with E-state index in [2.05, 4.69) is 5.32 Å². The van der Waals surface area contributed by atoms with Crippen LogP contribution in [0, 0.1) is 0 Å². The van der Waals surface area contributed by atoms with Crippen LogP contribution in [-0.2, 0) is 10.2 Å². The van der Waals surface area contributed by atoms with Gasteiger partial charge in [-0.15, -0.1) is 0 Å². The Hall–Kier alpha value is -3.41. The van der Waals surface area contributed by atoms with Crippen molar-refractivity contribution >= 4 is 40.6 Å². The van der Waals surface area contributed by atoms with E-state index in [0.717, 1.165) is 16.8 Å². The summed E-state index contributed by atoms with van der Waals surface area (Å²) in [6, 6.07) is 19.6. The number of nitrogens with one attached hydrogen (secondary N) is 1. The van der Waals surface area contributed by atoms with E-state index in [-0.39, 0.29) is 17.1 Å². The van der Waals surface area contributed by atoms with E-state index >= 15 is 0 Å². The Morgan fingerprint density at radius 1 is 1.03 bits per heavy atom. The lowest BCUT2D eigenvalue weighted by Crippen LogP contribution is -2.37. The first-order valence-corrected chi connectivity index (χ1v) is 11.5. The highest BCUT2D eigenvalue weighted by atomic mass is 35.5. The van der Waals surface area contributed by atoms with E-state index in [1.807, 2.05) is 55.1 Å².